The molecule has 0 saturated carbocycles. The van der Waals surface area contributed by atoms with Gasteiger partial charge in [0, 0.05) is 18.5 Å². The van der Waals surface area contributed by atoms with Crippen LogP contribution in [0.1, 0.15) is 19.4 Å². The summed E-state index contributed by atoms with van der Waals surface area (Å²) < 4.78 is 40.8. The predicted molar refractivity (Wildman–Crippen MR) is 109 cm³/mol. The molecule has 0 unspecified atom stereocenters. The van der Waals surface area contributed by atoms with Crippen molar-refractivity contribution in [2.45, 2.75) is 30.8 Å². The summed E-state index contributed by atoms with van der Waals surface area (Å²) in [6.07, 6.45) is 3.63. The summed E-state index contributed by atoms with van der Waals surface area (Å²) in [4.78, 5) is 0.104. The molecule has 7 nitrogen and oxygen atoms in total. The molecule has 0 spiro atoms. The molecule has 29 heavy (non-hydrogen) atoms. The van der Waals surface area contributed by atoms with Gasteiger partial charge in [-0.3, -0.25) is 0 Å². The number of ether oxygens (including phenoxy) is 2. The van der Waals surface area contributed by atoms with Crippen LogP contribution in [0.4, 0.5) is 0 Å². The summed E-state index contributed by atoms with van der Waals surface area (Å²) in [6.45, 7) is 4.37. The fraction of sp³-hybridized carbons (Fsp3) is 0.286. The maximum absolute atomic E-state index is 12.5. The Hall–Kier alpha value is -2.84. The Balaban J connectivity index is 1.36. The molecule has 0 saturated heterocycles. The van der Waals surface area contributed by atoms with Crippen LogP contribution in [0.5, 0.6) is 11.5 Å². The lowest BCUT2D eigenvalue weighted by Gasteiger charge is -2.18. The third-order valence-electron chi connectivity index (χ3n) is 4.60. The monoisotopic (exact) mass is 413 g/mol. The van der Waals surface area contributed by atoms with Gasteiger partial charge in [-0.25, -0.2) is 17.8 Å². The number of benzene rings is 2. The van der Waals surface area contributed by atoms with Crippen molar-refractivity contribution in [3.05, 3.63) is 66.5 Å². The Morgan fingerprint density at radius 3 is 2.76 bits per heavy atom. The van der Waals surface area contributed by atoms with Crippen molar-refractivity contribution in [1.82, 2.24) is 14.5 Å². The minimum absolute atomic E-state index is 0.104. The first kappa shape index (κ1) is 19.5. The normalized spacial score (nSPS) is 15.0. The summed E-state index contributed by atoms with van der Waals surface area (Å²) in [6, 6.07) is 15.1. The molecule has 8 heteroatoms. The van der Waals surface area contributed by atoms with E-state index < -0.39 is 10.0 Å². The number of nitrogens with one attached hydrogen (secondary N) is 1. The van der Waals surface area contributed by atoms with Gasteiger partial charge in [0.1, 0.15) is 17.1 Å². The van der Waals surface area contributed by atoms with Crippen molar-refractivity contribution in [3.63, 3.8) is 0 Å². The highest BCUT2D eigenvalue weighted by molar-refractivity contribution is 7.89. The number of rotatable bonds is 7. The molecule has 3 aromatic rings. The number of aromatic nitrogens is 2. The van der Waals surface area contributed by atoms with E-state index in [-0.39, 0.29) is 23.6 Å². The first-order valence-electron chi connectivity index (χ1n) is 9.38. The van der Waals surface area contributed by atoms with Gasteiger partial charge in [0.05, 0.1) is 18.1 Å². The minimum Gasteiger partial charge on any atom is -0.488 e. The quantitative estimate of drug-likeness (QED) is 0.602. The van der Waals surface area contributed by atoms with Crippen LogP contribution >= 0.6 is 0 Å². The number of sulfonamides is 1. The van der Waals surface area contributed by atoms with Crippen LogP contribution in [0.15, 0.2) is 65.8 Å². The van der Waals surface area contributed by atoms with E-state index in [2.05, 4.69) is 9.82 Å². The SMILES string of the molecule is CC1(C)Cc2cccc(OCCNS(=O)(=O)c3cnn(-c4ccccc4)c3)c2O1. The van der Waals surface area contributed by atoms with Crippen molar-refractivity contribution < 1.29 is 17.9 Å². The van der Waals surface area contributed by atoms with Crippen LogP contribution in [0.3, 0.4) is 0 Å². The largest absolute Gasteiger partial charge is 0.488 e. The number of hydrogen-bond acceptors (Lipinski definition) is 5. The molecule has 1 aliphatic heterocycles. The van der Waals surface area contributed by atoms with Crippen LogP contribution in [-0.4, -0.2) is 37.0 Å². The molecule has 0 bridgehead atoms. The molecular weight excluding hydrogens is 390 g/mol. The summed E-state index contributed by atoms with van der Waals surface area (Å²) in [5.41, 5.74) is 1.63. The molecule has 0 atom stereocenters. The molecule has 0 radical (unpaired) electrons. The zero-order chi connectivity index (χ0) is 20.5. The molecule has 1 aliphatic rings. The second-order valence-electron chi connectivity index (χ2n) is 7.49. The van der Waals surface area contributed by atoms with E-state index in [9.17, 15) is 8.42 Å². The van der Waals surface area contributed by atoms with Gasteiger partial charge in [0.15, 0.2) is 11.5 Å². The molecule has 4 rings (SSSR count). The van der Waals surface area contributed by atoms with Gasteiger partial charge in [-0.05, 0) is 32.0 Å². The number of para-hydroxylation sites is 2. The molecule has 1 N–H and O–H groups in total. The van der Waals surface area contributed by atoms with Crippen LogP contribution in [0, 0.1) is 0 Å². The number of nitrogens with zero attached hydrogens (tertiary/aromatic N) is 2. The topological polar surface area (TPSA) is 82.5 Å². The highest BCUT2D eigenvalue weighted by atomic mass is 32.2. The van der Waals surface area contributed by atoms with Crippen LogP contribution in [0.2, 0.25) is 0 Å². The highest BCUT2D eigenvalue weighted by Gasteiger charge is 2.32. The van der Waals surface area contributed by atoms with Gasteiger partial charge in [0.25, 0.3) is 0 Å². The van der Waals surface area contributed by atoms with E-state index in [1.54, 1.807) is 0 Å². The molecule has 2 heterocycles. The Morgan fingerprint density at radius 2 is 1.97 bits per heavy atom. The molecule has 0 fully saturated rings. The van der Waals surface area contributed by atoms with E-state index in [0.29, 0.717) is 5.75 Å². The van der Waals surface area contributed by atoms with Crippen molar-refractivity contribution in [2.75, 3.05) is 13.2 Å². The van der Waals surface area contributed by atoms with E-state index in [4.69, 9.17) is 9.47 Å². The van der Waals surface area contributed by atoms with E-state index in [0.717, 1.165) is 23.4 Å². The van der Waals surface area contributed by atoms with Crippen molar-refractivity contribution >= 4 is 10.0 Å². The highest BCUT2D eigenvalue weighted by Crippen LogP contribution is 2.41. The summed E-state index contributed by atoms with van der Waals surface area (Å²) in [7, 11) is -3.68. The average molecular weight is 413 g/mol. The van der Waals surface area contributed by atoms with E-state index >= 15 is 0 Å². The second-order valence-corrected chi connectivity index (χ2v) is 9.25. The summed E-state index contributed by atoms with van der Waals surface area (Å²) >= 11 is 0. The van der Waals surface area contributed by atoms with Gasteiger partial charge in [0.2, 0.25) is 10.0 Å². The van der Waals surface area contributed by atoms with Crippen molar-refractivity contribution in [3.8, 4) is 17.2 Å². The van der Waals surface area contributed by atoms with Gasteiger partial charge in [-0.2, -0.15) is 5.10 Å². The Kier molecular flexibility index (Phi) is 5.06. The van der Waals surface area contributed by atoms with Crippen LogP contribution in [0.25, 0.3) is 5.69 Å². The molecule has 2 aromatic carbocycles. The summed E-state index contributed by atoms with van der Waals surface area (Å²) in [5.74, 6) is 1.37. The Bertz CT molecular complexity index is 1110. The molecule has 152 valence electrons. The van der Waals surface area contributed by atoms with Gasteiger partial charge in [-0.1, -0.05) is 30.3 Å². The fourth-order valence-electron chi connectivity index (χ4n) is 3.29. The van der Waals surface area contributed by atoms with Crippen LogP contribution in [-0.2, 0) is 16.4 Å². The number of fused-ring (bicyclic) bond motifs is 1. The predicted octanol–water partition coefficient (Wildman–Crippen LogP) is 2.94. The van der Waals surface area contributed by atoms with Crippen molar-refractivity contribution in [2.24, 2.45) is 0 Å². The third kappa shape index (κ3) is 4.28. The fourth-order valence-corrected chi connectivity index (χ4v) is 4.23. The smallest absolute Gasteiger partial charge is 0.243 e. The maximum atomic E-state index is 12.5. The lowest BCUT2D eigenvalue weighted by molar-refractivity contribution is 0.132. The second kappa shape index (κ2) is 7.53. The minimum atomic E-state index is -3.68. The Morgan fingerprint density at radius 1 is 1.17 bits per heavy atom. The van der Waals surface area contributed by atoms with E-state index in [1.165, 1.54) is 17.1 Å². The van der Waals surface area contributed by atoms with Gasteiger partial charge < -0.3 is 9.47 Å². The zero-order valence-electron chi connectivity index (χ0n) is 16.3. The lowest BCUT2D eigenvalue weighted by Crippen LogP contribution is -2.28. The Labute approximate surface area is 170 Å². The molecular formula is C21H23N3O4S. The third-order valence-corrected chi connectivity index (χ3v) is 6.01. The summed E-state index contributed by atoms with van der Waals surface area (Å²) in [5, 5.41) is 4.13. The number of hydrogen-bond donors (Lipinski definition) is 1. The molecule has 0 amide bonds. The molecule has 0 aliphatic carbocycles. The van der Waals surface area contributed by atoms with Gasteiger partial charge >= 0.3 is 0 Å². The maximum Gasteiger partial charge on any atom is 0.243 e. The van der Waals surface area contributed by atoms with Crippen molar-refractivity contribution in [1.29, 1.82) is 0 Å². The van der Waals surface area contributed by atoms with E-state index in [1.807, 2.05) is 62.4 Å². The standard InChI is InChI=1S/C21H23N3O4S/c1-21(2)13-16-7-6-10-19(20(16)28-21)27-12-11-23-29(25,26)18-14-22-24(15-18)17-8-4-3-5-9-17/h3-10,14-15,23H,11-13H2,1-2H3. The lowest BCUT2D eigenvalue weighted by atomic mass is 10.0. The zero-order valence-corrected chi connectivity index (χ0v) is 17.1. The van der Waals surface area contributed by atoms with Crippen LogP contribution < -0.4 is 14.2 Å². The average Bonchev–Trinajstić information content (AvgIpc) is 3.30. The molecule has 1 aromatic heterocycles. The first-order valence-corrected chi connectivity index (χ1v) is 10.9. The first-order chi connectivity index (χ1) is 13.8. The van der Waals surface area contributed by atoms with Gasteiger partial charge in [-0.15, -0.1) is 0 Å².